The van der Waals surface area contributed by atoms with Gasteiger partial charge in [0.25, 0.3) is 0 Å². The Hall–Kier alpha value is -1.55. The number of amides is 1. The molecule has 80 valence electrons. The standard InChI is InChI=1S/C11H14N2O2/c1-8-2-4-9(5-3-8)11(6-12)7-13-10(14)15-11/h2-5H,6-7,12H2,1H3,(H,13,14). The summed E-state index contributed by atoms with van der Waals surface area (Å²) in [5.41, 5.74) is 7.10. The Kier molecular flexibility index (Phi) is 2.36. The molecule has 15 heavy (non-hydrogen) atoms. The van der Waals surface area contributed by atoms with Gasteiger partial charge in [0.05, 0.1) is 6.54 Å². The minimum Gasteiger partial charge on any atom is -0.435 e. The van der Waals surface area contributed by atoms with Gasteiger partial charge in [-0.15, -0.1) is 0 Å². The second-order valence-corrected chi connectivity index (χ2v) is 3.81. The third-order valence-electron chi connectivity index (χ3n) is 2.71. The molecule has 4 nitrogen and oxygen atoms in total. The summed E-state index contributed by atoms with van der Waals surface area (Å²) in [6.45, 7) is 2.73. The van der Waals surface area contributed by atoms with Gasteiger partial charge in [-0.2, -0.15) is 0 Å². The highest BCUT2D eigenvalue weighted by molar-refractivity contribution is 5.70. The lowest BCUT2D eigenvalue weighted by molar-refractivity contribution is 0.0617. The van der Waals surface area contributed by atoms with Crippen LogP contribution >= 0.6 is 0 Å². The zero-order valence-corrected chi connectivity index (χ0v) is 8.62. The molecule has 0 aromatic heterocycles. The molecular formula is C11H14N2O2. The summed E-state index contributed by atoms with van der Waals surface area (Å²) in [4.78, 5) is 11.1. The minimum absolute atomic E-state index is 0.287. The van der Waals surface area contributed by atoms with Crippen molar-refractivity contribution in [2.75, 3.05) is 13.1 Å². The van der Waals surface area contributed by atoms with E-state index in [2.05, 4.69) is 5.32 Å². The molecule has 1 atom stereocenters. The van der Waals surface area contributed by atoms with E-state index in [0.717, 1.165) is 5.56 Å². The zero-order chi connectivity index (χ0) is 10.9. The van der Waals surface area contributed by atoms with Gasteiger partial charge < -0.3 is 15.8 Å². The fraction of sp³-hybridized carbons (Fsp3) is 0.364. The predicted octanol–water partition coefficient (Wildman–Crippen LogP) is 0.889. The van der Waals surface area contributed by atoms with E-state index in [1.54, 1.807) is 0 Å². The van der Waals surface area contributed by atoms with Crippen molar-refractivity contribution in [1.29, 1.82) is 0 Å². The average molecular weight is 206 g/mol. The molecule has 1 aromatic rings. The molecule has 3 N–H and O–H groups in total. The van der Waals surface area contributed by atoms with E-state index < -0.39 is 11.7 Å². The first-order valence-electron chi connectivity index (χ1n) is 4.90. The van der Waals surface area contributed by atoms with Crippen LogP contribution in [0.25, 0.3) is 0 Å². The highest BCUT2D eigenvalue weighted by atomic mass is 16.6. The van der Waals surface area contributed by atoms with Crippen molar-refractivity contribution < 1.29 is 9.53 Å². The predicted molar refractivity (Wildman–Crippen MR) is 56.4 cm³/mol. The summed E-state index contributed by atoms with van der Waals surface area (Å²) in [6.07, 6.45) is -0.402. The van der Waals surface area contributed by atoms with E-state index in [0.29, 0.717) is 6.54 Å². The Labute approximate surface area is 88.4 Å². The van der Waals surface area contributed by atoms with Crippen molar-refractivity contribution in [3.8, 4) is 0 Å². The number of carbonyl (C=O) groups is 1. The van der Waals surface area contributed by atoms with Crippen molar-refractivity contribution in [3.05, 3.63) is 35.4 Å². The highest BCUT2D eigenvalue weighted by Crippen LogP contribution is 2.28. The SMILES string of the molecule is Cc1ccc(C2(CN)CNC(=O)O2)cc1. The van der Waals surface area contributed by atoms with Gasteiger partial charge in [0.2, 0.25) is 0 Å². The third kappa shape index (κ3) is 1.68. The van der Waals surface area contributed by atoms with Crippen LogP contribution in [-0.4, -0.2) is 19.2 Å². The maximum absolute atomic E-state index is 11.1. The fourth-order valence-corrected chi connectivity index (χ4v) is 1.71. The van der Waals surface area contributed by atoms with Gasteiger partial charge in [-0.1, -0.05) is 29.8 Å². The van der Waals surface area contributed by atoms with Crippen molar-refractivity contribution in [2.45, 2.75) is 12.5 Å². The van der Waals surface area contributed by atoms with Crippen LogP contribution in [0.15, 0.2) is 24.3 Å². The molecule has 1 aromatic carbocycles. The summed E-state index contributed by atoms with van der Waals surface area (Å²) >= 11 is 0. The molecule has 1 fully saturated rings. The molecule has 1 aliphatic heterocycles. The van der Waals surface area contributed by atoms with Gasteiger partial charge in [0, 0.05) is 6.54 Å². The van der Waals surface area contributed by atoms with Crippen molar-refractivity contribution >= 4 is 6.09 Å². The quantitative estimate of drug-likeness (QED) is 0.755. The molecule has 1 amide bonds. The first kappa shape index (κ1) is 9.98. The van der Waals surface area contributed by atoms with E-state index in [4.69, 9.17) is 10.5 Å². The number of carbonyl (C=O) groups excluding carboxylic acids is 1. The van der Waals surface area contributed by atoms with Crippen LogP contribution in [0.2, 0.25) is 0 Å². The van der Waals surface area contributed by atoms with E-state index in [1.165, 1.54) is 5.56 Å². The van der Waals surface area contributed by atoms with Gasteiger partial charge >= 0.3 is 6.09 Å². The Morgan fingerprint density at radius 2 is 2.13 bits per heavy atom. The van der Waals surface area contributed by atoms with Crippen LogP contribution < -0.4 is 11.1 Å². The Balaban J connectivity index is 2.34. The fourth-order valence-electron chi connectivity index (χ4n) is 1.71. The summed E-state index contributed by atoms with van der Waals surface area (Å²) in [5.74, 6) is 0. The van der Waals surface area contributed by atoms with E-state index in [-0.39, 0.29) is 6.54 Å². The molecule has 0 spiro atoms. The molecule has 0 aliphatic carbocycles. The smallest absolute Gasteiger partial charge is 0.408 e. The number of aryl methyl sites for hydroxylation is 1. The molecule has 0 bridgehead atoms. The first-order chi connectivity index (χ1) is 7.16. The Morgan fingerprint density at radius 3 is 2.60 bits per heavy atom. The number of ether oxygens (including phenoxy) is 1. The summed E-state index contributed by atoms with van der Waals surface area (Å²) in [7, 11) is 0. The Morgan fingerprint density at radius 1 is 1.47 bits per heavy atom. The van der Waals surface area contributed by atoms with Crippen molar-refractivity contribution in [3.63, 3.8) is 0 Å². The van der Waals surface area contributed by atoms with Gasteiger partial charge in [0.15, 0.2) is 5.60 Å². The van der Waals surface area contributed by atoms with Crippen molar-refractivity contribution in [1.82, 2.24) is 5.32 Å². The molecule has 1 unspecified atom stereocenters. The summed E-state index contributed by atoms with van der Waals surface area (Å²) in [5, 5.41) is 2.63. The molecule has 0 radical (unpaired) electrons. The minimum atomic E-state index is -0.690. The van der Waals surface area contributed by atoms with Crippen LogP contribution in [0.3, 0.4) is 0 Å². The molecule has 1 saturated heterocycles. The van der Waals surface area contributed by atoms with Crippen LogP contribution in [-0.2, 0) is 10.3 Å². The van der Waals surface area contributed by atoms with Crippen molar-refractivity contribution in [2.24, 2.45) is 5.73 Å². The van der Waals surface area contributed by atoms with Gasteiger partial charge in [-0.3, -0.25) is 0 Å². The number of nitrogens with one attached hydrogen (secondary N) is 1. The number of nitrogens with two attached hydrogens (primary N) is 1. The number of hydrogen-bond acceptors (Lipinski definition) is 3. The van der Waals surface area contributed by atoms with Crippen LogP contribution in [0, 0.1) is 6.92 Å². The van der Waals surface area contributed by atoms with E-state index >= 15 is 0 Å². The monoisotopic (exact) mass is 206 g/mol. The number of cyclic esters (lactones) is 1. The van der Waals surface area contributed by atoms with E-state index in [1.807, 2.05) is 31.2 Å². The zero-order valence-electron chi connectivity index (χ0n) is 8.62. The van der Waals surface area contributed by atoms with Gasteiger partial charge in [0.1, 0.15) is 0 Å². The topological polar surface area (TPSA) is 64.3 Å². The maximum atomic E-state index is 11.1. The van der Waals surface area contributed by atoms with Crippen LogP contribution in [0.5, 0.6) is 0 Å². The second-order valence-electron chi connectivity index (χ2n) is 3.81. The van der Waals surface area contributed by atoms with Crippen LogP contribution in [0.4, 0.5) is 4.79 Å². The number of hydrogen-bond donors (Lipinski definition) is 2. The van der Waals surface area contributed by atoms with Gasteiger partial charge in [-0.05, 0) is 12.5 Å². The number of rotatable bonds is 2. The highest BCUT2D eigenvalue weighted by Gasteiger charge is 2.40. The molecule has 1 heterocycles. The van der Waals surface area contributed by atoms with E-state index in [9.17, 15) is 4.79 Å². The number of alkyl carbamates (subject to hydrolysis) is 1. The molecule has 0 saturated carbocycles. The normalized spacial score (nSPS) is 24.8. The summed E-state index contributed by atoms with van der Waals surface area (Å²) < 4.78 is 5.25. The van der Waals surface area contributed by atoms with Crippen LogP contribution in [0.1, 0.15) is 11.1 Å². The molecular weight excluding hydrogens is 192 g/mol. The summed E-state index contributed by atoms with van der Waals surface area (Å²) in [6, 6.07) is 7.86. The lowest BCUT2D eigenvalue weighted by Crippen LogP contribution is -2.38. The molecule has 4 heteroatoms. The average Bonchev–Trinajstić information content (AvgIpc) is 2.62. The largest absolute Gasteiger partial charge is 0.435 e. The third-order valence-corrected chi connectivity index (χ3v) is 2.71. The maximum Gasteiger partial charge on any atom is 0.408 e. The lowest BCUT2D eigenvalue weighted by Gasteiger charge is -2.24. The van der Waals surface area contributed by atoms with Gasteiger partial charge in [-0.25, -0.2) is 4.79 Å². The first-order valence-corrected chi connectivity index (χ1v) is 4.90. The number of benzene rings is 1. The lowest BCUT2D eigenvalue weighted by atomic mass is 9.93. The second kappa shape index (κ2) is 3.55. The molecule has 1 aliphatic rings. The Bertz CT molecular complexity index is 375. The molecule has 2 rings (SSSR count).